The molecule has 4 rings (SSSR count). The van der Waals surface area contributed by atoms with E-state index < -0.39 is 0 Å². The smallest absolute Gasteiger partial charge is 0.254 e. The summed E-state index contributed by atoms with van der Waals surface area (Å²) < 4.78 is 6.83. The largest absolute Gasteiger partial charge is 0.472 e. The van der Waals surface area contributed by atoms with Crippen molar-refractivity contribution in [1.29, 1.82) is 0 Å². The van der Waals surface area contributed by atoms with Crippen molar-refractivity contribution in [2.45, 2.75) is 13.5 Å². The molecular formula is C15H13N5OS. The number of nitrogens with one attached hydrogen (secondary N) is 1. The first-order chi connectivity index (χ1) is 10.8. The molecule has 1 N–H and O–H groups in total. The summed E-state index contributed by atoms with van der Waals surface area (Å²) in [4.78, 5) is 9.69. The summed E-state index contributed by atoms with van der Waals surface area (Å²) in [6.07, 6.45) is 4.95. The first-order valence-electron chi connectivity index (χ1n) is 6.81. The van der Waals surface area contributed by atoms with Gasteiger partial charge in [-0.05, 0) is 30.0 Å². The molecule has 0 aliphatic rings. The van der Waals surface area contributed by atoms with Crippen LogP contribution >= 0.6 is 11.3 Å². The molecule has 0 aliphatic heterocycles. The Hall–Kier alpha value is -2.67. The predicted molar refractivity (Wildman–Crippen MR) is 84.9 cm³/mol. The quantitative estimate of drug-likeness (QED) is 0.626. The summed E-state index contributed by atoms with van der Waals surface area (Å²) in [6.45, 7) is 2.67. The van der Waals surface area contributed by atoms with Crippen LogP contribution < -0.4 is 5.32 Å². The third-order valence-corrected chi connectivity index (χ3v) is 4.27. The van der Waals surface area contributed by atoms with E-state index in [4.69, 9.17) is 4.42 Å². The predicted octanol–water partition coefficient (Wildman–Crippen LogP) is 3.37. The molecule has 4 aromatic heterocycles. The monoisotopic (exact) mass is 311 g/mol. The molecule has 0 saturated carbocycles. The number of furan rings is 1. The Morgan fingerprint density at radius 1 is 1.32 bits per heavy atom. The van der Waals surface area contributed by atoms with E-state index in [2.05, 4.69) is 31.8 Å². The molecule has 6 nitrogen and oxygen atoms in total. The normalized spacial score (nSPS) is 11.1. The van der Waals surface area contributed by atoms with Crippen molar-refractivity contribution in [3.8, 4) is 11.1 Å². The summed E-state index contributed by atoms with van der Waals surface area (Å²) in [7, 11) is 0. The number of thiophene rings is 1. The van der Waals surface area contributed by atoms with Crippen molar-refractivity contribution in [2.24, 2.45) is 0 Å². The molecule has 0 spiro atoms. The van der Waals surface area contributed by atoms with Gasteiger partial charge in [-0.3, -0.25) is 0 Å². The average molecular weight is 311 g/mol. The lowest BCUT2D eigenvalue weighted by Crippen LogP contribution is -2.06. The zero-order chi connectivity index (χ0) is 14.9. The molecule has 0 radical (unpaired) electrons. The third-order valence-electron chi connectivity index (χ3n) is 3.33. The van der Waals surface area contributed by atoms with E-state index in [0.29, 0.717) is 5.78 Å². The van der Waals surface area contributed by atoms with E-state index >= 15 is 0 Å². The Balaban J connectivity index is 1.56. The van der Waals surface area contributed by atoms with Crippen molar-refractivity contribution in [3.05, 3.63) is 53.0 Å². The lowest BCUT2D eigenvalue weighted by Gasteiger charge is -2.07. The summed E-state index contributed by atoms with van der Waals surface area (Å²) >= 11 is 1.71. The SMILES string of the molecule is Cc1cc(NCc2cc(-c3ccoc3)cs2)n2ncnc2n1. The number of rotatable bonds is 4. The van der Waals surface area contributed by atoms with Gasteiger partial charge in [0.25, 0.3) is 5.78 Å². The number of aromatic nitrogens is 4. The first-order valence-corrected chi connectivity index (χ1v) is 7.69. The molecule has 0 aromatic carbocycles. The number of hydrogen-bond donors (Lipinski definition) is 1. The van der Waals surface area contributed by atoms with Crippen molar-refractivity contribution in [1.82, 2.24) is 19.6 Å². The van der Waals surface area contributed by atoms with Gasteiger partial charge in [0.15, 0.2) is 0 Å². The Bertz CT molecular complexity index is 909. The van der Waals surface area contributed by atoms with Gasteiger partial charge in [0, 0.05) is 22.2 Å². The fourth-order valence-corrected chi connectivity index (χ4v) is 3.12. The number of fused-ring (bicyclic) bond motifs is 1. The van der Waals surface area contributed by atoms with Crippen molar-refractivity contribution in [3.63, 3.8) is 0 Å². The van der Waals surface area contributed by atoms with Crippen LogP contribution in [-0.2, 0) is 6.54 Å². The molecule has 4 heterocycles. The van der Waals surface area contributed by atoms with Gasteiger partial charge in [0.1, 0.15) is 12.1 Å². The number of aryl methyl sites for hydroxylation is 1. The molecule has 0 unspecified atom stereocenters. The van der Waals surface area contributed by atoms with E-state index in [1.165, 1.54) is 16.8 Å². The highest BCUT2D eigenvalue weighted by Gasteiger charge is 2.07. The summed E-state index contributed by atoms with van der Waals surface area (Å²) in [6, 6.07) is 6.09. The van der Waals surface area contributed by atoms with Crippen LogP contribution in [0.2, 0.25) is 0 Å². The maximum atomic E-state index is 5.12. The average Bonchev–Trinajstić information content (AvgIpc) is 3.24. The van der Waals surface area contributed by atoms with Gasteiger partial charge in [-0.2, -0.15) is 14.6 Å². The second kappa shape index (κ2) is 5.27. The lowest BCUT2D eigenvalue weighted by atomic mass is 10.2. The van der Waals surface area contributed by atoms with E-state index in [0.717, 1.165) is 23.6 Å². The molecule has 0 saturated heterocycles. The maximum absolute atomic E-state index is 5.12. The van der Waals surface area contributed by atoms with Gasteiger partial charge in [0.05, 0.1) is 19.1 Å². The highest BCUT2D eigenvalue weighted by atomic mass is 32.1. The summed E-state index contributed by atoms with van der Waals surface area (Å²) in [5.41, 5.74) is 3.18. The highest BCUT2D eigenvalue weighted by Crippen LogP contribution is 2.26. The molecule has 0 amide bonds. The van der Waals surface area contributed by atoms with Crippen molar-refractivity contribution >= 4 is 22.9 Å². The minimum Gasteiger partial charge on any atom is -0.472 e. The van der Waals surface area contributed by atoms with Gasteiger partial charge in [-0.1, -0.05) is 0 Å². The molecule has 7 heteroatoms. The van der Waals surface area contributed by atoms with Crippen LogP contribution in [0.3, 0.4) is 0 Å². The van der Waals surface area contributed by atoms with E-state index in [-0.39, 0.29) is 0 Å². The molecular weight excluding hydrogens is 298 g/mol. The Kier molecular flexibility index (Phi) is 3.12. The van der Waals surface area contributed by atoms with E-state index in [1.54, 1.807) is 28.4 Å². The highest BCUT2D eigenvalue weighted by molar-refractivity contribution is 7.10. The van der Waals surface area contributed by atoms with Crippen LogP contribution in [-0.4, -0.2) is 19.6 Å². The van der Waals surface area contributed by atoms with Gasteiger partial charge in [-0.25, -0.2) is 4.98 Å². The van der Waals surface area contributed by atoms with Gasteiger partial charge >= 0.3 is 0 Å². The molecule has 22 heavy (non-hydrogen) atoms. The zero-order valence-corrected chi connectivity index (χ0v) is 12.7. The second-order valence-electron chi connectivity index (χ2n) is 4.92. The van der Waals surface area contributed by atoms with Crippen molar-refractivity contribution < 1.29 is 4.42 Å². The first kappa shape index (κ1) is 13.0. The second-order valence-corrected chi connectivity index (χ2v) is 5.92. The van der Waals surface area contributed by atoms with Gasteiger partial charge < -0.3 is 9.73 Å². The van der Waals surface area contributed by atoms with Gasteiger partial charge in [-0.15, -0.1) is 11.3 Å². The standard InChI is InChI=1S/C15H13N5OS/c1-10-4-14(20-15(19-10)17-9-18-20)16-6-13-5-12(8-22-13)11-2-3-21-7-11/h2-5,7-9,16H,6H2,1H3. The van der Waals surface area contributed by atoms with Crippen LogP contribution in [0.1, 0.15) is 10.6 Å². The molecule has 0 aliphatic carbocycles. The fraction of sp³-hybridized carbons (Fsp3) is 0.133. The molecule has 110 valence electrons. The summed E-state index contributed by atoms with van der Waals surface area (Å²) in [5.74, 6) is 1.49. The molecule has 0 atom stereocenters. The number of hydrogen-bond acceptors (Lipinski definition) is 6. The van der Waals surface area contributed by atoms with Crippen LogP contribution in [0, 0.1) is 6.92 Å². The fourth-order valence-electron chi connectivity index (χ4n) is 2.29. The zero-order valence-electron chi connectivity index (χ0n) is 11.9. The Labute approximate surface area is 130 Å². The number of anilines is 1. The Morgan fingerprint density at radius 3 is 3.14 bits per heavy atom. The topological polar surface area (TPSA) is 68.2 Å². The van der Waals surface area contributed by atoms with E-state index in [1.807, 2.05) is 19.1 Å². The van der Waals surface area contributed by atoms with Crippen LogP contribution in [0.25, 0.3) is 16.9 Å². The van der Waals surface area contributed by atoms with Gasteiger partial charge in [0.2, 0.25) is 0 Å². The van der Waals surface area contributed by atoms with Crippen molar-refractivity contribution in [2.75, 3.05) is 5.32 Å². The van der Waals surface area contributed by atoms with E-state index in [9.17, 15) is 0 Å². The third kappa shape index (κ3) is 2.35. The molecule has 0 fully saturated rings. The maximum Gasteiger partial charge on any atom is 0.254 e. The summed E-state index contributed by atoms with van der Waals surface area (Å²) in [5, 5.41) is 9.72. The minimum atomic E-state index is 0.604. The minimum absolute atomic E-state index is 0.604. The number of nitrogens with zero attached hydrogens (tertiary/aromatic N) is 4. The molecule has 4 aromatic rings. The van der Waals surface area contributed by atoms with Crippen LogP contribution in [0.15, 0.2) is 46.8 Å². The lowest BCUT2D eigenvalue weighted by molar-refractivity contribution is 0.568. The Morgan fingerprint density at radius 2 is 2.27 bits per heavy atom. The van der Waals surface area contributed by atoms with Crippen LogP contribution in [0.5, 0.6) is 0 Å². The van der Waals surface area contributed by atoms with Crippen LogP contribution in [0.4, 0.5) is 5.82 Å². The molecule has 0 bridgehead atoms.